The zero-order chi connectivity index (χ0) is 23.1. The molecule has 3 atom stereocenters. The van der Waals surface area contributed by atoms with Crippen LogP contribution in [0.5, 0.6) is 0 Å². The third-order valence-electron chi connectivity index (χ3n) is 6.58. The van der Waals surface area contributed by atoms with Crippen molar-refractivity contribution < 1.29 is 4.74 Å². The molecule has 0 spiro atoms. The average molecular weight is 501 g/mol. The second-order valence-corrected chi connectivity index (χ2v) is 9.82. The van der Waals surface area contributed by atoms with E-state index in [1.807, 2.05) is 36.5 Å². The summed E-state index contributed by atoms with van der Waals surface area (Å²) in [7, 11) is 0. The summed E-state index contributed by atoms with van der Waals surface area (Å²) in [4.78, 5) is 6.93. The topological polar surface area (TPSA) is 42.3 Å². The fourth-order valence-electron chi connectivity index (χ4n) is 5.07. The molecule has 1 N–H and O–H groups in total. The summed E-state index contributed by atoms with van der Waals surface area (Å²) in [5.41, 5.74) is 5.21. The van der Waals surface area contributed by atoms with Crippen molar-refractivity contribution in [2.24, 2.45) is 0 Å². The Bertz CT molecular complexity index is 1180. The summed E-state index contributed by atoms with van der Waals surface area (Å²) in [5.74, 6) is 0. The zero-order valence-corrected chi connectivity index (χ0v) is 20.9. The molecule has 0 aliphatic carbocycles. The van der Waals surface area contributed by atoms with Crippen molar-refractivity contribution in [3.8, 4) is 5.69 Å². The number of aromatic nitrogens is 2. The molecular formula is C25H26Cl2N4OS. The number of nitrogens with one attached hydrogen (secondary N) is 1. The van der Waals surface area contributed by atoms with Gasteiger partial charge in [-0.1, -0.05) is 35.3 Å². The Morgan fingerprint density at radius 3 is 2.76 bits per heavy atom. The van der Waals surface area contributed by atoms with Crippen molar-refractivity contribution in [3.63, 3.8) is 0 Å². The highest BCUT2D eigenvalue weighted by molar-refractivity contribution is 7.80. The lowest BCUT2D eigenvalue weighted by Gasteiger charge is -2.30. The number of hydrogen-bond acceptors (Lipinski definition) is 3. The molecule has 33 heavy (non-hydrogen) atoms. The molecule has 0 unspecified atom stereocenters. The summed E-state index contributed by atoms with van der Waals surface area (Å²) >= 11 is 18.8. The lowest BCUT2D eigenvalue weighted by molar-refractivity contribution is 0.0842. The minimum atomic E-state index is -0.0658. The van der Waals surface area contributed by atoms with Crippen LogP contribution in [0.25, 0.3) is 5.69 Å². The molecule has 0 radical (unpaired) electrons. The molecule has 1 aromatic carbocycles. The predicted octanol–water partition coefficient (Wildman–Crippen LogP) is 5.95. The Hall–Kier alpha value is -2.12. The van der Waals surface area contributed by atoms with E-state index in [1.54, 1.807) is 0 Å². The molecule has 8 heteroatoms. The van der Waals surface area contributed by atoms with Gasteiger partial charge >= 0.3 is 0 Å². The molecule has 2 aliphatic rings. The van der Waals surface area contributed by atoms with E-state index in [0.29, 0.717) is 10.0 Å². The Balaban J connectivity index is 1.61. The maximum atomic E-state index is 6.61. The Morgan fingerprint density at radius 2 is 2.03 bits per heavy atom. The summed E-state index contributed by atoms with van der Waals surface area (Å²) in [6.45, 7) is 5.78. The van der Waals surface area contributed by atoms with Crippen molar-refractivity contribution in [1.29, 1.82) is 0 Å². The van der Waals surface area contributed by atoms with Gasteiger partial charge in [0, 0.05) is 30.7 Å². The number of halogens is 2. The zero-order valence-electron chi connectivity index (χ0n) is 18.6. The van der Waals surface area contributed by atoms with Crippen molar-refractivity contribution in [1.82, 2.24) is 19.8 Å². The maximum Gasteiger partial charge on any atom is 0.170 e. The SMILES string of the molecule is Cc1cc([C@H]2[C@@H](c3ccccn3)NC(=S)N2C[C@@H]2CCCO2)c(C)n1-c1cccc(Cl)c1Cl. The Morgan fingerprint density at radius 1 is 1.18 bits per heavy atom. The number of benzene rings is 1. The smallest absolute Gasteiger partial charge is 0.170 e. The van der Waals surface area contributed by atoms with Crippen LogP contribution >= 0.6 is 35.4 Å². The molecule has 172 valence electrons. The van der Waals surface area contributed by atoms with Crippen LogP contribution in [0.15, 0.2) is 48.7 Å². The largest absolute Gasteiger partial charge is 0.376 e. The van der Waals surface area contributed by atoms with E-state index >= 15 is 0 Å². The van der Waals surface area contributed by atoms with Gasteiger partial charge in [0.15, 0.2) is 5.11 Å². The van der Waals surface area contributed by atoms with E-state index in [0.717, 1.165) is 53.9 Å². The van der Waals surface area contributed by atoms with Gasteiger partial charge in [-0.2, -0.15) is 0 Å². The summed E-state index contributed by atoms with van der Waals surface area (Å²) in [5, 5.41) is 5.36. The van der Waals surface area contributed by atoms with E-state index in [4.69, 9.17) is 40.2 Å². The first-order chi connectivity index (χ1) is 16.0. The first kappa shape index (κ1) is 22.7. The normalized spacial score (nSPS) is 22.7. The molecule has 4 heterocycles. The Labute approximate surface area is 209 Å². The second kappa shape index (κ2) is 9.26. The van der Waals surface area contributed by atoms with Gasteiger partial charge in [0.2, 0.25) is 0 Å². The summed E-state index contributed by atoms with van der Waals surface area (Å²) in [6.07, 6.45) is 4.15. The maximum absolute atomic E-state index is 6.61. The van der Waals surface area contributed by atoms with Gasteiger partial charge in [0.1, 0.15) is 0 Å². The highest BCUT2D eigenvalue weighted by atomic mass is 35.5. The third kappa shape index (κ3) is 4.14. The average Bonchev–Trinajstić information content (AvgIpc) is 3.51. The third-order valence-corrected chi connectivity index (χ3v) is 7.74. The fraction of sp³-hybridized carbons (Fsp3) is 0.360. The van der Waals surface area contributed by atoms with Crippen LogP contribution < -0.4 is 5.32 Å². The quantitative estimate of drug-likeness (QED) is 0.438. The fourth-order valence-corrected chi connectivity index (χ4v) is 5.77. The number of hydrogen-bond donors (Lipinski definition) is 1. The minimum Gasteiger partial charge on any atom is -0.376 e. The highest BCUT2D eigenvalue weighted by Crippen LogP contribution is 2.42. The molecular weight excluding hydrogens is 475 g/mol. The number of nitrogens with zero attached hydrogens (tertiary/aromatic N) is 3. The van der Waals surface area contributed by atoms with Gasteiger partial charge in [-0.25, -0.2) is 0 Å². The second-order valence-electron chi connectivity index (χ2n) is 8.65. The van der Waals surface area contributed by atoms with Gasteiger partial charge in [0.05, 0.1) is 39.6 Å². The lowest BCUT2D eigenvalue weighted by atomic mass is 9.96. The molecule has 3 aromatic rings. The molecule has 5 nitrogen and oxygen atoms in total. The van der Waals surface area contributed by atoms with Crippen molar-refractivity contribution in [3.05, 3.63) is 81.4 Å². The number of aryl methyl sites for hydroxylation is 1. The molecule has 2 aromatic heterocycles. The van der Waals surface area contributed by atoms with Crippen LogP contribution in [0.2, 0.25) is 10.0 Å². The Kier molecular flexibility index (Phi) is 6.36. The highest BCUT2D eigenvalue weighted by Gasteiger charge is 2.42. The van der Waals surface area contributed by atoms with Gasteiger partial charge in [-0.15, -0.1) is 0 Å². The van der Waals surface area contributed by atoms with E-state index in [2.05, 4.69) is 45.7 Å². The molecule has 2 aliphatic heterocycles. The van der Waals surface area contributed by atoms with Crippen LogP contribution in [-0.2, 0) is 4.74 Å². The van der Waals surface area contributed by atoms with Crippen LogP contribution in [0.3, 0.4) is 0 Å². The minimum absolute atomic E-state index is 0.0190. The number of rotatable bonds is 5. The molecule has 0 bridgehead atoms. The lowest BCUT2D eigenvalue weighted by Crippen LogP contribution is -2.36. The van der Waals surface area contributed by atoms with Gasteiger partial charge in [-0.05, 0) is 74.8 Å². The van der Waals surface area contributed by atoms with Crippen molar-refractivity contribution in [2.45, 2.75) is 44.9 Å². The first-order valence-corrected chi connectivity index (χ1v) is 12.3. The molecule has 2 saturated heterocycles. The van der Waals surface area contributed by atoms with Gasteiger partial charge in [0.25, 0.3) is 0 Å². The van der Waals surface area contributed by atoms with Crippen LogP contribution in [-0.4, -0.2) is 38.8 Å². The van der Waals surface area contributed by atoms with Crippen LogP contribution in [0, 0.1) is 13.8 Å². The van der Waals surface area contributed by atoms with Crippen LogP contribution in [0.4, 0.5) is 0 Å². The van der Waals surface area contributed by atoms with Crippen LogP contribution in [0.1, 0.15) is 47.6 Å². The molecule has 0 saturated carbocycles. The van der Waals surface area contributed by atoms with Gasteiger partial charge in [-0.3, -0.25) is 4.98 Å². The molecule has 2 fully saturated rings. The molecule has 0 amide bonds. The van der Waals surface area contributed by atoms with E-state index in [-0.39, 0.29) is 18.2 Å². The van der Waals surface area contributed by atoms with E-state index in [9.17, 15) is 0 Å². The number of ether oxygens (including phenoxy) is 1. The summed E-state index contributed by atoms with van der Waals surface area (Å²) < 4.78 is 8.14. The molecule has 5 rings (SSSR count). The predicted molar refractivity (Wildman–Crippen MR) is 136 cm³/mol. The standard InChI is InChI=1S/C25H26Cl2N4OS/c1-15-13-18(16(2)31(15)21-10-5-8-19(26)22(21)27)24-23(20-9-3-4-11-28-20)29-25(33)30(24)14-17-7-6-12-32-17/h3-5,8-11,13,17,23-24H,6-7,12,14H2,1-2H3,(H,29,33)/t17-,23+,24-/m0/s1. The van der Waals surface area contributed by atoms with Crippen molar-refractivity contribution >= 4 is 40.5 Å². The number of pyridine rings is 1. The van der Waals surface area contributed by atoms with Gasteiger partial charge < -0.3 is 19.5 Å². The van der Waals surface area contributed by atoms with E-state index in [1.165, 1.54) is 5.56 Å². The van der Waals surface area contributed by atoms with E-state index < -0.39 is 0 Å². The summed E-state index contributed by atoms with van der Waals surface area (Å²) in [6, 6.07) is 13.9. The van der Waals surface area contributed by atoms with Crippen molar-refractivity contribution in [2.75, 3.05) is 13.2 Å². The monoisotopic (exact) mass is 500 g/mol. The first-order valence-electron chi connectivity index (χ1n) is 11.2. The number of thiocarbonyl (C=S) groups is 1.